The fourth-order valence-corrected chi connectivity index (χ4v) is 10.8. The molecule has 6 aromatic rings. The molecule has 81 heavy (non-hydrogen) atoms. The molecule has 4 aliphatic heterocycles. The van der Waals surface area contributed by atoms with E-state index in [1.54, 1.807) is 32.3 Å². The molecule has 25 nitrogen and oxygen atoms in total. The summed E-state index contributed by atoms with van der Waals surface area (Å²) in [4.78, 5) is 60.0. The summed E-state index contributed by atoms with van der Waals surface area (Å²) >= 11 is 24.4. The van der Waals surface area contributed by atoms with E-state index >= 15 is 0 Å². The standard InChI is InChI=1S/C24H30Cl2N10O2.C18H27ClN8O.C6H4ClN2O.3CH4.Li.H2O/c1-3-14-12-35(22-19(26)30-18(21(28)31-22)23-33-32-13(2)38-23)10-11-36(14)15-6-8-34(9-7-15)24(37)16-4-5-17(25)29-20(16)27;1-3-12-10-26(8-9-27(12)13-4-6-21-7-5-13)17-15(19)22-14(16(20)23-17)18-25-24-11(2)28-18;7-5-2-1-4(3-10)6(8)9-5;;;;;/h4-5,14-15H,3,6-12H2,1-2H3,(H2,27,29)(H2,28,31);12-13,21H,3-10H2,1-2H3,(H2,20,23);1-2H,(H2,8,9);3*1H4;;1H2/q;;-1;;;;+1;/p-1/t14-;12-;;;;;;/m00....../s1. The van der Waals surface area contributed by atoms with E-state index in [2.05, 4.69) is 89.1 Å². The Hall–Kier alpha value is -5.72. The van der Waals surface area contributed by atoms with E-state index in [1.165, 1.54) is 25.0 Å². The van der Waals surface area contributed by atoms with Gasteiger partial charge in [0.25, 0.3) is 17.7 Å². The number of likely N-dealkylation sites (tertiary alicyclic amines) is 1. The number of hydrogen-bond acceptors (Lipinski definition) is 24. The van der Waals surface area contributed by atoms with E-state index in [4.69, 9.17) is 78.2 Å². The van der Waals surface area contributed by atoms with Crippen molar-refractivity contribution in [3.63, 3.8) is 0 Å². The van der Waals surface area contributed by atoms with E-state index in [-0.39, 0.29) is 114 Å². The number of anilines is 6. The van der Waals surface area contributed by atoms with E-state index in [0.717, 1.165) is 78.0 Å². The van der Waals surface area contributed by atoms with Gasteiger partial charge in [0.05, 0.1) is 11.8 Å². The van der Waals surface area contributed by atoms with Crippen LogP contribution in [0, 0.1) is 13.8 Å². The summed E-state index contributed by atoms with van der Waals surface area (Å²) in [6.07, 6.45) is 7.86. The minimum atomic E-state index is -0.105. The second-order valence-electron chi connectivity index (χ2n) is 18.6. The first-order valence-corrected chi connectivity index (χ1v) is 26.6. The smallest absolute Gasteiger partial charge is 0.870 e. The molecule has 0 aliphatic carbocycles. The molecule has 4 saturated heterocycles. The fourth-order valence-electron chi connectivity index (χ4n) is 10.0. The van der Waals surface area contributed by atoms with Crippen LogP contribution in [0.3, 0.4) is 0 Å². The molecule has 0 radical (unpaired) electrons. The van der Waals surface area contributed by atoms with Crippen LogP contribution in [-0.2, 0) is 4.79 Å². The van der Waals surface area contributed by atoms with Crippen LogP contribution < -0.4 is 56.9 Å². The molecule has 6 aromatic heterocycles. The van der Waals surface area contributed by atoms with Crippen LogP contribution in [0.15, 0.2) is 33.1 Å². The van der Waals surface area contributed by atoms with Crippen molar-refractivity contribution in [3.05, 3.63) is 67.8 Å². The summed E-state index contributed by atoms with van der Waals surface area (Å²) in [6, 6.07) is 7.98. The Bertz CT molecular complexity index is 2980. The van der Waals surface area contributed by atoms with Crippen molar-refractivity contribution < 1.29 is 42.8 Å². The van der Waals surface area contributed by atoms with Crippen LogP contribution in [0.2, 0.25) is 20.6 Å². The van der Waals surface area contributed by atoms with Gasteiger partial charge in [-0.3, -0.25) is 19.6 Å². The van der Waals surface area contributed by atoms with Crippen molar-refractivity contribution in [1.82, 2.24) is 70.3 Å². The summed E-state index contributed by atoms with van der Waals surface area (Å²) in [5.41, 5.74) is 24.8. The third-order valence-corrected chi connectivity index (χ3v) is 14.8. The van der Waals surface area contributed by atoms with Gasteiger partial charge in [0.1, 0.15) is 16.1 Å². The molecule has 438 valence electrons. The Labute approximate surface area is 505 Å². The number of rotatable bonds is 10. The topological polar surface area (TPSA) is 352 Å². The SMILES string of the molecule is C.C.C.CC[C@H]1CN(c2nc(N)c(-c3nnc(C)o3)nc2Cl)CCN1C1CCN(C(=O)c2ccc(Cl)nc2N)CC1.CC[C@H]1CN(c2nc(N)c(-c3nnc(C)o3)nc2Cl)CCN1C1CCNCC1.Nc1nc(Cl)ccc1[C-]=O.[Li+].[OH-]. The van der Waals surface area contributed by atoms with Gasteiger partial charge in [0.15, 0.2) is 45.0 Å². The molecule has 0 saturated carbocycles. The van der Waals surface area contributed by atoms with Crippen molar-refractivity contribution in [2.45, 2.75) is 113 Å². The first-order chi connectivity index (χ1) is 36.5. The van der Waals surface area contributed by atoms with Crippen molar-refractivity contribution >= 4 is 93.5 Å². The van der Waals surface area contributed by atoms with Crippen LogP contribution in [-0.4, -0.2) is 172 Å². The molecule has 4 fully saturated rings. The number of carbonyl (C=O) groups excluding carboxylic acids is 2. The molecule has 10 N–H and O–H groups in total. The molecular weight excluding hydrogens is 1120 g/mol. The number of nitrogens with zero attached hydrogens (tertiary/aromatic N) is 15. The molecule has 0 spiro atoms. The Morgan fingerprint density at radius 1 is 0.617 bits per heavy atom. The van der Waals surface area contributed by atoms with Gasteiger partial charge in [-0.1, -0.05) is 88.6 Å². The quantitative estimate of drug-likeness (QED) is 0.0731. The summed E-state index contributed by atoms with van der Waals surface area (Å²) < 4.78 is 10.9. The Morgan fingerprint density at radius 3 is 1.47 bits per heavy atom. The minimum Gasteiger partial charge on any atom is -0.870 e. The largest absolute Gasteiger partial charge is 1.00 e. The number of piperidine rings is 2. The fraction of sp³-hybridized carbons (Fsp3) is 0.529. The van der Waals surface area contributed by atoms with Crippen molar-refractivity contribution in [3.8, 4) is 23.2 Å². The van der Waals surface area contributed by atoms with Gasteiger partial charge in [0, 0.05) is 96.2 Å². The monoisotopic (exact) mass is 1190 g/mol. The number of carbonyl (C=O) groups is 1. The van der Waals surface area contributed by atoms with Gasteiger partial charge < -0.3 is 62.1 Å². The van der Waals surface area contributed by atoms with Crippen LogP contribution in [0.5, 0.6) is 0 Å². The van der Waals surface area contributed by atoms with E-state index in [0.29, 0.717) is 77.1 Å². The Kier molecular flexibility index (Phi) is 27.2. The minimum absolute atomic E-state index is 0. The van der Waals surface area contributed by atoms with E-state index in [1.807, 2.05) is 4.90 Å². The zero-order valence-electron chi connectivity index (χ0n) is 44.0. The summed E-state index contributed by atoms with van der Waals surface area (Å²) in [5, 5.41) is 20.1. The van der Waals surface area contributed by atoms with Crippen molar-refractivity contribution in [1.29, 1.82) is 0 Å². The summed E-state index contributed by atoms with van der Waals surface area (Å²) in [6.45, 7) is 16.4. The molecule has 4 aliphatic rings. The average molecular weight is 1200 g/mol. The van der Waals surface area contributed by atoms with Gasteiger partial charge in [-0.15, -0.1) is 26.0 Å². The van der Waals surface area contributed by atoms with Crippen LogP contribution >= 0.6 is 46.4 Å². The van der Waals surface area contributed by atoms with Gasteiger partial charge in [-0.05, 0) is 63.7 Å². The van der Waals surface area contributed by atoms with Gasteiger partial charge in [-0.2, -0.15) is 6.07 Å². The molecule has 0 unspecified atom stereocenters. The molecule has 2 atom stereocenters. The number of amides is 1. The van der Waals surface area contributed by atoms with E-state index < -0.39 is 0 Å². The normalized spacial score (nSPS) is 17.8. The first kappa shape index (κ1) is 69.5. The van der Waals surface area contributed by atoms with Crippen molar-refractivity contribution in [2.75, 3.05) is 98.2 Å². The third kappa shape index (κ3) is 16.7. The number of nitrogen functional groups attached to an aromatic ring is 4. The van der Waals surface area contributed by atoms with Gasteiger partial charge in [0.2, 0.25) is 11.8 Å². The van der Waals surface area contributed by atoms with Crippen LogP contribution in [0.1, 0.15) is 102 Å². The third-order valence-electron chi connectivity index (χ3n) is 13.9. The number of halogens is 4. The number of pyridine rings is 2. The van der Waals surface area contributed by atoms with E-state index in [9.17, 15) is 9.59 Å². The zero-order chi connectivity index (χ0) is 54.2. The number of nitrogens with two attached hydrogens (primary N) is 4. The molecule has 0 bridgehead atoms. The predicted molar refractivity (Wildman–Crippen MR) is 314 cm³/mol. The van der Waals surface area contributed by atoms with Crippen molar-refractivity contribution in [2.24, 2.45) is 0 Å². The number of aryl methyl sites for hydroxylation is 2. The average Bonchev–Trinajstić information content (AvgIpc) is 4.07. The predicted octanol–water partition coefficient (Wildman–Crippen LogP) is 4.14. The molecule has 10 rings (SSSR count). The molecule has 0 aromatic carbocycles. The van der Waals surface area contributed by atoms with Gasteiger partial charge >= 0.3 is 18.9 Å². The second-order valence-corrected chi connectivity index (χ2v) is 20.1. The number of aromatic nitrogens is 10. The van der Waals surface area contributed by atoms with Crippen LogP contribution in [0.4, 0.5) is 34.9 Å². The summed E-state index contributed by atoms with van der Waals surface area (Å²) in [5.74, 6) is 3.06. The molecule has 10 heterocycles. The maximum Gasteiger partial charge on any atom is 1.00 e. The maximum atomic E-state index is 13.0. The molecular formula is C51H74Cl4LiN20O5-. The zero-order valence-corrected chi connectivity index (χ0v) is 47.1. The Morgan fingerprint density at radius 2 is 1.06 bits per heavy atom. The number of piperazine rings is 2. The van der Waals surface area contributed by atoms with Crippen LogP contribution in [0.25, 0.3) is 23.2 Å². The maximum absolute atomic E-state index is 13.0. The number of nitrogens with one attached hydrogen (secondary N) is 1. The number of hydrogen-bond donors (Lipinski definition) is 5. The Balaban J connectivity index is 0.000000353. The molecule has 30 heteroatoms. The molecule has 1 amide bonds. The summed E-state index contributed by atoms with van der Waals surface area (Å²) in [7, 11) is 0. The second kappa shape index (κ2) is 31.6. The van der Waals surface area contributed by atoms with Gasteiger partial charge in [-0.25, -0.2) is 24.9 Å². The first-order valence-electron chi connectivity index (χ1n) is 25.1.